The number of methoxy groups -OCH3 is 1. The molecule has 2 aromatic rings. The summed E-state index contributed by atoms with van der Waals surface area (Å²) in [4.78, 5) is 30.3. The van der Waals surface area contributed by atoms with Gasteiger partial charge in [0.1, 0.15) is 5.82 Å². The molecule has 7 heteroatoms. The maximum absolute atomic E-state index is 13.6. The maximum Gasteiger partial charge on any atom is 0.254 e. The van der Waals surface area contributed by atoms with E-state index in [1.165, 1.54) is 12.1 Å². The molecular weight excluding hydrogens is 385 g/mol. The number of carbonyl (C=O) groups excluding carboxylic acids is 2. The zero-order chi connectivity index (χ0) is 21.7. The van der Waals surface area contributed by atoms with Gasteiger partial charge < -0.3 is 19.9 Å². The van der Waals surface area contributed by atoms with Crippen molar-refractivity contribution in [1.82, 2.24) is 15.1 Å². The van der Waals surface area contributed by atoms with E-state index in [0.29, 0.717) is 42.9 Å². The minimum Gasteiger partial charge on any atom is -0.383 e. The summed E-state index contributed by atoms with van der Waals surface area (Å²) in [5, 5.41) is 3.00. The van der Waals surface area contributed by atoms with Crippen LogP contribution in [0.2, 0.25) is 0 Å². The molecule has 0 spiro atoms. The van der Waals surface area contributed by atoms with E-state index in [-0.39, 0.29) is 17.6 Å². The number of amides is 2. The summed E-state index contributed by atoms with van der Waals surface area (Å²) in [6, 6.07) is 12.6. The Bertz CT molecular complexity index is 886. The van der Waals surface area contributed by atoms with Gasteiger partial charge in [-0.15, -0.1) is 0 Å². The standard InChI is InChI=1S/C23H28FN3O3/c1-26(2)13-12-25-22(28)20-18-6-4-5-7-19(18)23(29)27(14-15-30-3)21(20)16-8-10-17(24)11-9-16/h4-11,20-21H,12-15H2,1-3H3,(H,25,28)/t20-,21-/m1/s1. The van der Waals surface area contributed by atoms with Gasteiger partial charge in [-0.1, -0.05) is 30.3 Å². The van der Waals surface area contributed by atoms with Gasteiger partial charge in [0.2, 0.25) is 5.91 Å². The van der Waals surface area contributed by atoms with Crippen LogP contribution < -0.4 is 5.32 Å². The number of carbonyl (C=O) groups is 2. The zero-order valence-corrected chi connectivity index (χ0v) is 17.6. The highest BCUT2D eigenvalue weighted by atomic mass is 19.1. The van der Waals surface area contributed by atoms with E-state index in [2.05, 4.69) is 5.32 Å². The molecule has 0 unspecified atom stereocenters. The van der Waals surface area contributed by atoms with Crippen LogP contribution in [-0.2, 0) is 9.53 Å². The summed E-state index contributed by atoms with van der Waals surface area (Å²) < 4.78 is 18.8. The Morgan fingerprint density at radius 1 is 1.17 bits per heavy atom. The SMILES string of the molecule is COCCN1C(=O)c2ccccc2[C@@H](C(=O)NCCN(C)C)[C@H]1c1ccc(F)cc1. The molecule has 2 amide bonds. The molecule has 2 aromatic carbocycles. The predicted octanol–water partition coefficient (Wildman–Crippen LogP) is 2.43. The summed E-state index contributed by atoms with van der Waals surface area (Å²) in [6.07, 6.45) is 0. The minimum atomic E-state index is -0.608. The Morgan fingerprint density at radius 3 is 2.53 bits per heavy atom. The lowest BCUT2D eigenvalue weighted by molar-refractivity contribution is -0.124. The van der Waals surface area contributed by atoms with Crippen LogP contribution in [0.1, 0.15) is 33.4 Å². The summed E-state index contributed by atoms with van der Waals surface area (Å²) in [7, 11) is 5.45. The smallest absolute Gasteiger partial charge is 0.254 e. The number of nitrogens with zero attached hydrogens (tertiary/aromatic N) is 2. The lowest BCUT2D eigenvalue weighted by Gasteiger charge is -2.41. The van der Waals surface area contributed by atoms with Crippen LogP contribution in [0, 0.1) is 5.82 Å². The molecule has 3 rings (SSSR count). The molecule has 6 nitrogen and oxygen atoms in total. The zero-order valence-electron chi connectivity index (χ0n) is 17.6. The van der Waals surface area contributed by atoms with Gasteiger partial charge in [0, 0.05) is 32.3 Å². The lowest BCUT2D eigenvalue weighted by atomic mass is 9.79. The van der Waals surface area contributed by atoms with Crippen molar-refractivity contribution in [3.8, 4) is 0 Å². The van der Waals surface area contributed by atoms with Gasteiger partial charge in [-0.3, -0.25) is 9.59 Å². The van der Waals surface area contributed by atoms with Gasteiger partial charge in [0.15, 0.2) is 0 Å². The van der Waals surface area contributed by atoms with Crippen molar-refractivity contribution in [2.45, 2.75) is 12.0 Å². The third-order valence-corrected chi connectivity index (χ3v) is 5.33. The van der Waals surface area contributed by atoms with E-state index in [0.717, 1.165) is 0 Å². The van der Waals surface area contributed by atoms with Crippen molar-refractivity contribution >= 4 is 11.8 Å². The number of hydrogen-bond donors (Lipinski definition) is 1. The van der Waals surface area contributed by atoms with Crippen molar-refractivity contribution in [2.24, 2.45) is 0 Å². The minimum absolute atomic E-state index is 0.158. The Morgan fingerprint density at radius 2 is 1.87 bits per heavy atom. The van der Waals surface area contributed by atoms with Gasteiger partial charge in [-0.2, -0.15) is 0 Å². The molecule has 1 aliphatic heterocycles. The van der Waals surface area contributed by atoms with Crippen LogP contribution in [0.15, 0.2) is 48.5 Å². The molecule has 0 saturated carbocycles. The third kappa shape index (κ3) is 4.68. The lowest BCUT2D eigenvalue weighted by Crippen LogP contribution is -2.49. The van der Waals surface area contributed by atoms with Gasteiger partial charge in [-0.25, -0.2) is 4.39 Å². The highest BCUT2D eigenvalue weighted by molar-refractivity contribution is 6.01. The van der Waals surface area contributed by atoms with E-state index >= 15 is 0 Å². The first-order valence-electron chi connectivity index (χ1n) is 10.0. The molecule has 0 radical (unpaired) electrons. The average Bonchev–Trinajstić information content (AvgIpc) is 2.73. The topological polar surface area (TPSA) is 61.9 Å². The molecule has 1 N–H and O–H groups in total. The molecule has 0 saturated heterocycles. The molecule has 30 heavy (non-hydrogen) atoms. The fourth-order valence-electron chi connectivity index (χ4n) is 3.85. The van der Waals surface area contributed by atoms with E-state index in [4.69, 9.17) is 4.74 Å². The van der Waals surface area contributed by atoms with E-state index in [1.807, 2.05) is 31.1 Å². The van der Waals surface area contributed by atoms with Crippen LogP contribution in [0.25, 0.3) is 0 Å². The maximum atomic E-state index is 13.6. The monoisotopic (exact) mass is 413 g/mol. The number of benzene rings is 2. The molecule has 0 bridgehead atoms. The predicted molar refractivity (Wildman–Crippen MR) is 113 cm³/mol. The number of fused-ring (bicyclic) bond motifs is 1. The van der Waals surface area contributed by atoms with Gasteiger partial charge >= 0.3 is 0 Å². The van der Waals surface area contributed by atoms with Gasteiger partial charge in [0.05, 0.1) is 18.6 Å². The van der Waals surface area contributed by atoms with Gasteiger partial charge in [0.25, 0.3) is 5.91 Å². The molecule has 0 fully saturated rings. The third-order valence-electron chi connectivity index (χ3n) is 5.33. The highest BCUT2D eigenvalue weighted by Gasteiger charge is 2.43. The number of ether oxygens (including phenoxy) is 1. The molecule has 0 aromatic heterocycles. The number of hydrogen-bond acceptors (Lipinski definition) is 4. The summed E-state index contributed by atoms with van der Waals surface area (Å²) >= 11 is 0. The van der Waals surface area contributed by atoms with E-state index in [1.54, 1.807) is 36.3 Å². The van der Waals surface area contributed by atoms with E-state index < -0.39 is 12.0 Å². The normalized spacial score (nSPS) is 18.4. The second-order valence-electron chi connectivity index (χ2n) is 7.65. The number of halogens is 1. The molecular formula is C23H28FN3O3. The Hall–Kier alpha value is -2.77. The largest absolute Gasteiger partial charge is 0.383 e. The van der Waals surface area contributed by atoms with Gasteiger partial charge in [-0.05, 0) is 43.4 Å². The second kappa shape index (κ2) is 9.82. The first-order chi connectivity index (χ1) is 14.4. The fourth-order valence-corrected chi connectivity index (χ4v) is 3.85. The Kier molecular flexibility index (Phi) is 7.18. The number of likely N-dealkylation sites (N-methyl/N-ethyl adjacent to an activating group) is 1. The fraction of sp³-hybridized carbons (Fsp3) is 0.391. The van der Waals surface area contributed by atoms with Crippen molar-refractivity contribution in [1.29, 1.82) is 0 Å². The molecule has 2 atom stereocenters. The second-order valence-corrected chi connectivity index (χ2v) is 7.65. The van der Waals surface area contributed by atoms with Crippen LogP contribution in [0.4, 0.5) is 4.39 Å². The first kappa shape index (κ1) is 21.9. The quantitative estimate of drug-likeness (QED) is 0.722. The number of rotatable bonds is 8. The highest BCUT2D eigenvalue weighted by Crippen LogP contribution is 2.42. The summed E-state index contributed by atoms with van der Waals surface area (Å²) in [5.41, 5.74) is 1.91. The summed E-state index contributed by atoms with van der Waals surface area (Å²) in [6.45, 7) is 1.86. The number of nitrogens with one attached hydrogen (secondary N) is 1. The van der Waals surface area contributed by atoms with Crippen LogP contribution in [0.3, 0.4) is 0 Å². The molecule has 1 aliphatic rings. The Balaban J connectivity index is 2.06. The van der Waals surface area contributed by atoms with Crippen LogP contribution in [-0.4, -0.2) is 69.1 Å². The molecule has 0 aliphatic carbocycles. The van der Waals surface area contributed by atoms with E-state index in [9.17, 15) is 14.0 Å². The van der Waals surface area contributed by atoms with Crippen molar-refractivity contribution < 1.29 is 18.7 Å². The van der Waals surface area contributed by atoms with Crippen molar-refractivity contribution in [2.75, 3.05) is 47.4 Å². The van der Waals surface area contributed by atoms with Crippen molar-refractivity contribution in [3.63, 3.8) is 0 Å². The summed E-state index contributed by atoms with van der Waals surface area (Å²) in [5.74, 6) is -1.29. The Labute approximate surface area is 176 Å². The first-order valence-corrected chi connectivity index (χ1v) is 10.0. The molecule has 1 heterocycles. The van der Waals surface area contributed by atoms with Crippen LogP contribution in [0.5, 0.6) is 0 Å². The van der Waals surface area contributed by atoms with Crippen molar-refractivity contribution in [3.05, 3.63) is 71.0 Å². The van der Waals surface area contributed by atoms with Crippen LogP contribution >= 0.6 is 0 Å². The average molecular weight is 413 g/mol. The molecule has 160 valence electrons.